The highest BCUT2D eigenvalue weighted by Gasteiger charge is 2.20. The third-order valence-corrected chi connectivity index (χ3v) is 4.76. The molecule has 1 saturated heterocycles. The van der Waals surface area contributed by atoms with Crippen molar-refractivity contribution in [2.75, 3.05) is 29.1 Å². The second-order valence-electron chi connectivity index (χ2n) is 4.93. The Morgan fingerprint density at radius 3 is 2.75 bits per heavy atom. The number of rotatable bonds is 4. The first-order chi connectivity index (χ1) is 9.60. The molecule has 0 saturated carbocycles. The standard InChI is InChI=1S/C14H21N3O2S/c1-2-16-14(18)12-4-3-10(15)9-13(12)17-11-5-7-20(19)8-6-11/h3-4,9,11,17H,2,5-8,15H2,1H3,(H,16,18). The quantitative estimate of drug-likeness (QED) is 0.732. The molecule has 1 aliphatic rings. The Morgan fingerprint density at radius 2 is 2.10 bits per heavy atom. The molecule has 1 aromatic carbocycles. The van der Waals surface area contributed by atoms with Gasteiger partial charge in [-0.3, -0.25) is 9.00 Å². The molecule has 0 aromatic heterocycles. The zero-order valence-corrected chi connectivity index (χ0v) is 12.5. The van der Waals surface area contributed by atoms with Crippen LogP contribution in [-0.4, -0.2) is 34.2 Å². The third kappa shape index (κ3) is 3.72. The molecule has 1 heterocycles. The first-order valence-electron chi connectivity index (χ1n) is 6.89. The van der Waals surface area contributed by atoms with Crippen LogP contribution in [0.1, 0.15) is 30.1 Å². The van der Waals surface area contributed by atoms with Gasteiger partial charge in [-0.25, -0.2) is 0 Å². The Balaban J connectivity index is 2.14. The molecule has 20 heavy (non-hydrogen) atoms. The van der Waals surface area contributed by atoms with Crippen LogP contribution in [0.2, 0.25) is 0 Å². The van der Waals surface area contributed by atoms with E-state index in [9.17, 15) is 9.00 Å². The van der Waals surface area contributed by atoms with Gasteiger partial charge < -0.3 is 16.4 Å². The molecule has 2 rings (SSSR count). The summed E-state index contributed by atoms with van der Waals surface area (Å²) in [6, 6.07) is 5.51. The number of carbonyl (C=O) groups is 1. The number of nitrogen functional groups attached to an aromatic ring is 1. The highest BCUT2D eigenvalue weighted by atomic mass is 32.2. The molecule has 1 aliphatic heterocycles. The van der Waals surface area contributed by atoms with E-state index in [1.807, 2.05) is 6.92 Å². The molecular formula is C14H21N3O2S. The largest absolute Gasteiger partial charge is 0.399 e. The minimum Gasteiger partial charge on any atom is -0.399 e. The minimum absolute atomic E-state index is 0.102. The number of anilines is 2. The summed E-state index contributed by atoms with van der Waals surface area (Å²) < 4.78 is 11.4. The van der Waals surface area contributed by atoms with Gasteiger partial charge in [0.25, 0.3) is 5.91 Å². The zero-order chi connectivity index (χ0) is 14.5. The molecule has 1 fully saturated rings. The molecule has 110 valence electrons. The van der Waals surface area contributed by atoms with E-state index in [0.29, 0.717) is 17.8 Å². The average Bonchev–Trinajstić information content (AvgIpc) is 2.42. The predicted molar refractivity (Wildman–Crippen MR) is 83.4 cm³/mol. The van der Waals surface area contributed by atoms with Gasteiger partial charge in [-0.1, -0.05) is 0 Å². The van der Waals surface area contributed by atoms with Crippen LogP contribution in [-0.2, 0) is 10.8 Å². The summed E-state index contributed by atoms with van der Waals surface area (Å²) in [5.41, 5.74) is 7.80. The smallest absolute Gasteiger partial charge is 0.253 e. The van der Waals surface area contributed by atoms with E-state index in [-0.39, 0.29) is 11.9 Å². The van der Waals surface area contributed by atoms with E-state index >= 15 is 0 Å². The summed E-state index contributed by atoms with van der Waals surface area (Å²) >= 11 is 0. The van der Waals surface area contributed by atoms with Crippen LogP contribution < -0.4 is 16.4 Å². The van der Waals surface area contributed by atoms with Gasteiger partial charge in [0, 0.05) is 46.3 Å². The fraction of sp³-hybridized carbons (Fsp3) is 0.500. The number of hydrogen-bond donors (Lipinski definition) is 3. The fourth-order valence-corrected chi connectivity index (χ4v) is 3.59. The highest BCUT2D eigenvalue weighted by molar-refractivity contribution is 7.85. The molecule has 0 atom stereocenters. The predicted octanol–water partition coefficient (Wildman–Crippen LogP) is 1.34. The van der Waals surface area contributed by atoms with Crippen molar-refractivity contribution in [2.45, 2.75) is 25.8 Å². The topological polar surface area (TPSA) is 84.2 Å². The summed E-state index contributed by atoms with van der Waals surface area (Å²) in [6.45, 7) is 2.48. The lowest BCUT2D eigenvalue weighted by Crippen LogP contribution is -2.31. The summed E-state index contributed by atoms with van der Waals surface area (Å²) in [4.78, 5) is 12.0. The minimum atomic E-state index is -0.684. The summed E-state index contributed by atoms with van der Waals surface area (Å²) in [6.07, 6.45) is 1.71. The third-order valence-electron chi connectivity index (χ3n) is 3.37. The van der Waals surface area contributed by atoms with Gasteiger partial charge in [0.1, 0.15) is 0 Å². The fourth-order valence-electron chi connectivity index (χ4n) is 2.29. The van der Waals surface area contributed by atoms with Crippen molar-refractivity contribution in [3.63, 3.8) is 0 Å². The zero-order valence-electron chi connectivity index (χ0n) is 11.6. The van der Waals surface area contributed by atoms with Gasteiger partial charge in [0.05, 0.1) is 5.56 Å². The first kappa shape index (κ1) is 14.8. The number of nitrogens with two attached hydrogens (primary N) is 1. The first-order valence-corrected chi connectivity index (χ1v) is 8.38. The SMILES string of the molecule is CCNC(=O)c1ccc(N)cc1NC1CCS(=O)CC1. The molecular weight excluding hydrogens is 274 g/mol. The summed E-state index contributed by atoms with van der Waals surface area (Å²) in [5.74, 6) is 1.34. The van der Waals surface area contributed by atoms with Crippen LogP contribution in [0.4, 0.5) is 11.4 Å². The van der Waals surface area contributed by atoms with Gasteiger partial charge in [0.15, 0.2) is 0 Å². The molecule has 0 unspecified atom stereocenters. The van der Waals surface area contributed by atoms with Crippen LogP contribution in [0, 0.1) is 0 Å². The Labute approximate surface area is 121 Å². The lowest BCUT2D eigenvalue weighted by atomic mass is 10.1. The lowest BCUT2D eigenvalue weighted by Gasteiger charge is -2.25. The van der Waals surface area contributed by atoms with Gasteiger partial charge >= 0.3 is 0 Å². The molecule has 1 aromatic rings. The van der Waals surface area contributed by atoms with Crippen molar-refractivity contribution in [1.82, 2.24) is 5.32 Å². The van der Waals surface area contributed by atoms with E-state index in [0.717, 1.165) is 30.0 Å². The molecule has 0 aliphatic carbocycles. The summed E-state index contributed by atoms with van der Waals surface area (Å²) in [5, 5.41) is 6.17. The van der Waals surface area contributed by atoms with Gasteiger partial charge in [0.2, 0.25) is 0 Å². The second-order valence-corrected chi connectivity index (χ2v) is 6.63. The number of hydrogen-bond acceptors (Lipinski definition) is 4. The van der Waals surface area contributed by atoms with Crippen molar-refractivity contribution < 1.29 is 9.00 Å². The van der Waals surface area contributed by atoms with Gasteiger partial charge in [-0.15, -0.1) is 0 Å². The van der Waals surface area contributed by atoms with Gasteiger partial charge in [-0.05, 0) is 38.0 Å². The molecule has 0 bridgehead atoms. The maximum absolute atomic E-state index is 12.0. The molecule has 1 amide bonds. The van der Waals surface area contributed by atoms with Crippen LogP contribution in [0.3, 0.4) is 0 Å². The highest BCUT2D eigenvalue weighted by Crippen LogP contribution is 2.23. The van der Waals surface area contributed by atoms with Crippen molar-refractivity contribution in [2.24, 2.45) is 0 Å². The van der Waals surface area contributed by atoms with Crippen molar-refractivity contribution >= 4 is 28.1 Å². The van der Waals surface area contributed by atoms with Crippen LogP contribution >= 0.6 is 0 Å². The second kappa shape index (κ2) is 6.74. The molecule has 0 radical (unpaired) electrons. The normalized spacial score (nSPS) is 22.2. The van der Waals surface area contributed by atoms with Crippen molar-refractivity contribution in [1.29, 1.82) is 0 Å². The number of nitrogens with one attached hydrogen (secondary N) is 2. The van der Waals surface area contributed by atoms with Crippen LogP contribution in [0.25, 0.3) is 0 Å². The Hall–Kier alpha value is -1.56. The molecule has 0 spiro atoms. The monoisotopic (exact) mass is 295 g/mol. The Bertz CT molecular complexity index is 509. The average molecular weight is 295 g/mol. The van der Waals surface area contributed by atoms with Crippen molar-refractivity contribution in [3.05, 3.63) is 23.8 Å². The number of benzene rings is 1. The molecule has 6 heteroatoms. The van der Waals surface area contributed by atoms with Crippen LogP contribution in [0.5, 0.6) is 0 Å². The lowest BCUT2D eigenvalue weighted by molar-refractivity contribution is 0.0956. The molecule has 5 nitrogen and oxygen atoms in total. The van der Waals surface area contributed by atoms with Crippen LogP contribution in [0.15, 0.2) is 18.2 Å². The molecule has 4 N–H and O–H groups in total. The van der Waals surface area contributed by atoms with Crippen molar-refractivity contribution in [3.8, 4) is 0 Å². The Kier molecular flexibility index (Phi) is 5.00. The van der Waals surface area contributed by atoms with Gasteiger partial charge in [-0.2, -0.15) is 0 Å². The number of carbonyl (C=O) groups excluding carboxylic acids is 1. The maximum atomic E-state index is 12.0. The number of amides is 1. The van der Waals surface area contributed by atoms with E-state index < -0.39 is 10.8 Å². The summed E-state index contributed by atoms with van der Waals surface area (Å²) in [7, 11) is -0.684. The van der Waals surface area contributed by atoms with E-state index in [4.69, 9.17) is 5.73 Å². The Morgan fingerprint density at radius 1 is 1.40 bits per heavy atom. The van der Waals surface area contributed by atoms with E-state index in [1.165, 1.54) is 0 Å². The van der Waals surface area contributed by atoms with E-state index in [2.05, 4.69) is 10.6 Å². The van der Waals surface area contributed by atoms with E-state index in [1.54, 1.807) is 18.2 Å². The maximum Gasteiger partial charge on any atom is 0.253 e.